The van der Waals surface area contributed by atoms with Gasteiger partial charge >= 0.3 is 18.5 Å². The molecule has 52 heavy (non-hydrogen) atoms. The number of piperazine rings is 1. The van der Waals surface area contributed by atoms with E-state index in [0.717, 1.165) is 82.8 Å². The predicted octanol–water partition coefficient (Wildman–Crippen LogP) is 7.44. The van der Waals surface area contributed by atoms with E-state index in [9.17, 15) is 39.5 Å². The van der Waals surface area contributed by atoms with Crippen molar-refractivity contribution >= 4 is 34.1 Å². The van der Waals surface area contributed by atoms with Crippen LogP contribution in [-0.2, 0) is 23.3 Å². The van der Waals surface area contributed by atoms with Crippen molar-refractivity contribution in [1.82, 2.24) is 4.90 Å². The summed E-state index contributed by atoms with van der Waals surface area (Å²) in [4.78, 5) is 7.89. The summed E-state index contributed by atoms with van der Waals surface area (Å²) in [6.45, 7) is 6.95. The Hall–Kier alpha value is -4.25. The van der Waals surface area contributed by atoms with Gasteiger partial charge in [0.05, 0.1) is 29.9 Å². The van der Waals surface area contributed by atoms with Crippen molar-refractivity contribution in [3.8, 4) is 0 Å². The molecule has 0 aromatic heterocycles. The van der Waals surface area contributed by atoms with Gasteiger partial charge in [0.1, 0.15) is 0 Å². The van der Waals surface area contributed by atoms with Crippen LogP contribution in [0.4, 0.5) is 73.6 Å². The smallest absolute Gasteiger partial charge is 0.399 e. The Labute approximate surface area is 296 Å². The molecule has 3 aromatic rings. The lowest BCUT2D eigenvalue weighted by Gasteiger charge is -2.34. The predicted molar refractivity (Wildman–Crippen MR) is 186 cm³/mol. The number of halogens is 9. The van der Waals surface area contributed by atoms with Gasteiger partial charge in [-0.2, -0.15) is 39.5 Å². The monoisotopic (exact) mass is 749 g/mol. The van der Waals surface area contributed by atoms with E-state index in [1.54, 1.807) is 18.2 Å². The van der Waals surface area contributed by atoms with Crippen LogP contribution in [0.15, 0.2) is 54.6 Å². The first-order chi connectivity index (χ1) is 24.3. The lowest BCUT2D eigenvalue weighted by atomic mass is 10.1. The van der Waals surface area contributed by atoms with E-state index in [0.29, 0.717) is 43.4 Å². The van der Waals surface area contributed by atoms with Crippen LogP contribution in [0.1, 0.15) is 36.0 Å². The molecule has 0 saturated carbocycles. The standard InChI is InChI=1S/C12H16F3N3.C12H15F3N2.C11H13F3N2O/c1-17-2-4-18(5-3-17)11-7-9(12(13,14)15)6-10(16)8-11;13-12(14,15)9-6-10(16)8-11(7-9)17-4-2-1-3-5-17;12-11(13,14)8-5-9(15)7-10(6-8)16-1-3-17-4-2-16/h6-8H,2-5,16H2,1H3;6-8H,1-5,16H2;5-7H,1-4,15H2. The summed E-state index contributed by atoms with van der Waals surface area (Å²) in [6, 6.07) is 11.1. The maximum Gasteiger partial charge on any atom is 0.416 e. The zero-order valence-corrected chi connectivity index (χ0v) is 28.7. The molecule has 0 atom stereocenters. The zero-order valence-electron chi connectivity index (χ0n) is 28.7. The number of hydrogen-bond donors (Lipinski definition) is 3. The van der Waals surface area contributed by atoms with E-state index >= 15 is 0 Å². The van der Waals surface area contributed by atoms with Crippen molar-refractivity contribution in [1.29, 1.82) is 0 Å². The Bertz CT molecular complexity index is 1520. The number of nitrogen functional groups attached to an aromatic ring is 3. The van der Waals surface area contributed by atoms with Crippen LogP contribution in [0.3, 0.4) is 0 Å². The molecule has 3 heterocycles. The number of hydrogen-bond acceptors (Lipinski definition) is 8. The molecule has 0 amide bonds. The van der Waals surface area contributed by atoms with E-state index in [1.807, 2.05) is 21.7 Å². The summed E-state index contributed by atoms with van der Waals surface area (Å²) < 4.78 is 119. The quantitative estimate of drug-likeness (QED) is 0.188. The Morgan fingerprint density at radius 1 is 0.442 bits per heavy atom. The number of rotatable bonds is 3. The van der Waals surface area contributed by atoms with Crippen molar-refractivity contribution in [3.05, 3.63) is 71.3 Å². The van der Waals surface area contributed by atoms with Gasteiger partial charge in [-0.15, -0.1) is 0 Å². The highest BCUT2D eigenvalue weighted by atomic mass is 19.4. The van der Waals surface area contributed by atoms with E-state index in [1.165, 1.54) is 12.1 Å². The minimum absolute atomic E-state index is 0.126. The summed E-state index contributed by atoms with van der Waals surface area (Å²) in [7, 11) is 2.00. The Kier molecular flexibility index (Phi) is 13.3. The number of morpholine rings is 1. The maximum absolute atomic E-state index is 12.7. The van der Waals surface area contributed by atoms with E-state index < -0.39 is 35.2 Å². The molecule has 3 aliphatic rings. The highest BCUT2D eigenvalue weighted by Gasteiger charge is 2.33. The zero-order chi connectivity index (χ0) is 38.3. The molecule has 0 radical (unpaired) electrons. The van der Waals surface area contributed by atoms with Gasteiger partial charge in [0.25, 0.3) is 0 Å². The van der Waals surface area contributed by atoms with E-state index in [2.05, 4.69) is 4.90 Å². The molecule has 0 unspecified atom stereocenters. The van der Waals surface area contributed by atoms with Gasteiger partial charge in [-0.05, 0) is 80.9 Å². The molecule has 6 rings (SSSR count). The number of benzene rings is 3. The van der Waals surface area contributed by atoms with Crippen molar-refractivity contribution in [2.45, 2.75) is 37.8 Å². The number of anilines is 6. The van der Waals surface area contributed by atoms with Crippen molar-refractivity contribution < 1.29 is 44.3 Å². The van der Waals surface area contributed by atoms with Gasteiger partial charge in [-0.25, -0.2) is 0 Å². The first-order valence-electron chi connectivity index (χ1n) is 16.7. The number of alkyl halides is 9. The van der Waals surface area contributed by atoms with Crippen LogP contribution >= 0.6 is 0 Å². The molecule has 3 fully saturated rings. The molecule has 8 nitrogen and oxygen atoms in total. The average Bonchev–Trinajstić information content (AvgIpc) is 3.08. The molecular weight excluding hydrogens is 705 g/mol. The number of likely N-dealkylation sites (N-methyl/N-ethyl adjacent to an activating group) is 1. The van der Waals surface area contributed by atoms with E-state index in [-0.39, 0.29) is 17.1 Å². The van der Waals surface area contributed by atoms with Crippen LogP contribution < -0.4 is 31.9 Å². The summed E-state index contributed by atoms with van der Waals surface area (Å²) in [5, 5.41) is 0. The molecular formula is C35H44F9N7O. The summed E-state index contributed by atoms with van der Waals surface area (Å²) in [5.41, 5.74) is 16.6. The molecule has 3 aliphatic heterocycles. The Balaban J connectivity index is 0.000000175. The molecule has 0 spiro atoms. The highest BCUT2D eigenvalue weighted by Crippen LogP contribution is 2.36. The van der Waals surface area contributed by atoms with Gasteiger partial charge in [0, 0.05) is 86.5 Å². The molecule has 288 valence electrons. The molecule has 6 N–H and O–H groups in total. The molecule has 0 aliphatic carbocycles. The van der Waals surface area contributed by atoms with Gasteiger partial charge in [0.2, 0.25) is 0 Å². The normalized spacial score (nSPS) is 17.5. The van der Waals surface area contributed by atoms with Gasteiger partial charge in [-0.3, -0.25) is 0 Å². The number of piperidine rings is 1. The fourth-order valence-corrected chi connectivity index (χ4v) is 5.98. The van der Waals surface area contributed by atoms with Crippen LogP contribution in [0.25, 0.3) is 0 Å². The van der Waals surface area contributed by atoms with Crippen LogP contribution in [0.2, 0.25) is 0 Å². The van der Waals surface area contributed by atoms with Crippen LogP contribution in [0, 0.1) is 0 Å². The Morgan fingerprint density at radius 3 is 1.12 bits per heavy atom. The first-order valence-corrected chi connectivity index (χ1v) is 16.7. The number of nitrogens with two attached hydrogens (primary N) is 3. The molecule has 17 heteroatoms. The average molecular weight is 750 g/mol. The SMILES string of the molecule is CN1CCN(c2cc(N)cc(C(F)(F)F)c2)CC1.Nc1cc(N2CCCCC2)cc(C(F)(F)F)c1.Nc1cc(N2CCOCC2)cc(C(F)(F)F)c1. The van der Waals surface area contributed by atoms with Crippen molar-refractivity contribution in [2.24, 2.45) is 0 Å². The van der Waals surface area contributed by atoms with Crippen molar-refractivity contribution in [2.75, 3.05) is 105 Å². The minimum Gasteiger partial charge on any atom is -0.399 e. The van der Waals surface area contributed by atoms with E-state index in [4.69, 9.17) is 21.9 Å². The second kappa shape index (κ2) is 17.1. The summed E-state index contributed by atoms with van der Waals surface area (Å²) in [5.74, 6) is 0. The third-order valence-electron chi connectivity index (χ3n) is 8.77. The fraction of sp³-hybridized carbons (Fsp3) is 0.486. The summed E-state index contributed by atoms with van der Waals surface area (Å²) in [6.07, 6.45) is -9.86. The maximum atomic E-state index is 12.7. The van der Waals surface area contributed by atoms with Gasteiger partial charge in [0.15, 0.2) is 0 Å². The minimum atomic E-state index is -4.36. The second-order valence-corrected chi connectivity index (χ2v) is 12.9. The largest absolute Gasteiger partial charge is 0.416 e. The van der Waals surface area contributed by atoms with Gasteiger partial charge < -0.3 is 41.5 Å². The number of ether oxygens (including phenoxy) is 1. The summed E-state index contributed by atoms with van der Waals surface area (Å²) >= 11 is 0. The van der Waals surface area contributed by atoms with Crippen molar-refractivity contribution in [3.63, 3.8) is 0 Å². The topological polar surface area (TPSA) is 100 Å². The molecule has 3 aromatic carbocycles. The Morgan fingerprint density at radius 2 is 0.769 bits per heavy atom. The third-order valence-corrected chi connectivity index (χ3v) is 8.77. The number of nitrogens with zero attached hydrogens (tertiary/aromatic N) is 4. The second-order valence-electron chi connectivity index (χ2n) is 12.9. The first kappa shape index (κ1) is 40.5. The lowest BCUT2D eigenvalue weighted by Crippen LogP contribution is -2.44. The highest BCUT2D eigenvalue weighted by molar-refractivity contribution is 5.61. The lowest BCUT2D eigenvalue weighted by molar-refractivity contribution is -0.138. The van der Waals surface area contributed by atoms with Gasteiger partial charge in [-0.1, -0.05) is 0 Å². The molecule has 3 saturated heterocycles. The fourth-order valence-electron chi connectivity index (χ4n) is 5.98. The van der Waals surface area contributed by atoms with Crippen LogP contribution in [0.5, 0.6) is 0 Å². The third kappa shape index (κ3) is 11.9. The molecule has 0 bridgehead atoms. The van der Waals surface area contributed by atoms with Crippen LogP contribution in [-0.4, -0.2) is 77.5 Å².